The molecule has 0 aliphatic heterocycles. The molecule has 0 amide bonds. The van der Waals surface area contributed by atoms with Gasteiger partial charge in [0.1, 0.15) is 19.0 Å². The van der Waals surface area contributed by atoms with E-state index in [2.05, 4.69) is 15.0 Å². The number of rotatable bonds is 8. The molecule has 0 aliphatic rings. The maximum atomic E-state index is 11.8. The van der Waals surface area contributed by atoms with Gasteiger partial charge in [0.25, 0.3) is 0 Å². The van der Waals surface area contributed by atoms with Gasteiger partial charge in [0, 0.05) is 6.54 Å². The van der Waals surface area contributed by atoms with Crippen LogP contribution in [0.1, 0.15) is 12.6 Å². The predicted octanol–water partition coefficient (Wildman–Crippen LogP) is 2.15. The maximum Gasteiger partial charge on any atom is 0.411 e. The third-order valence-electron chi connectivity index (χ3n) is 2.12. The molecule has 0 spiro atoms. The normalized spacial score (nSPS) is 11.6. The Kier molecular flexibility index (Phi) is 6.58. The van der Waals surface area contributed by atoms with E-state index in [0.29, 0.717) is 12.3 Å². The molecular formula is C12H17F3N2O2. The molecule has 4 nitrogen and oxygen atoms in total. The van der Waals surface area contributed by atoms with Crippen molar-refractivity contribution in [1.82, 2.24) is 10.3 Å². The maximum absolute atomic E-state index is 11.8. The number of hydrogen-bond donors (Lipinski definition) is 1. The molecule has 0 aromatic carbocycles. The fraction of sp³-hybridized carbons (Fsp3) is 0.583. The quantitative estimate of drug-likeness (QED) is 0.740. The van der Waals surface area contributed by atoms with Gasteiger partial charge in [-0.2, -0.15) is 13.2 Å². The van der Waals surface area contributed by atoms with Crippen molar-refractivity contribution >= 4 is 0 Å². The first kappa shape index (κ1) is 15.7. The van der Waals surface area contributed by atoms with Gasteiger partial charge in [-0.05, 0) is 18.7 Å². The van der Waals surface area contributed by atoms with Crippen LogP contribution in [-0.2, 0) is 11.3 Å². The van der Waals surface area contributed by atoms with E-state index in [1.165, 1.54) is 6.20 Å². The van der Waals surface area contributed by atoms with Crippen LogP contribution in [-0.4, -0.2) is 37.5 Å². The number of nitrogens with zero attached hydrogens (tertiary/aromatic N) is 1. The Morgan fingerprint density at radius 1 is 1.26 bits per heavy atom. The number of pyridine rings is 1. The highest BCUT2D eigenvalue weighted by Gasteiger charge is 2.27. The molecule has 7 heteroatoms. The predicted molar refractivity (Wildman–Crippen MR) is 64.0 cm³/mol. The van der Waals surface area contributed by atoms with E-state index in [0.717, 1.165) is 12.2 Å². The van der Waals surface area contributed by atoms with E-state index in [1.54, 1.807) is 12.1 Å². The third-order valence-corrected chi connectivity index (χ3v) is 2.12. The number of nitrogens with one attached hydrogen (secondary N) is 1. The zero-order chi connectivity index (χ0) is 14.1. The molecule has 0 aliphatic carbocycles. The monoisotopic (exact) mass is 278 g/mol. The van der Waals surface area contributed by atoms with Crippen molar-refractivity contribution in [3.05, 3.63) is 24.0 Å². The molecule has 0 radical (unpaired) electrons. The van der Waals surface area contributed by atoms with Gasteiger partial charge >= 0.3 is 6.18 Å². The van der Waals surface area contributed by atoms with E-state index in [-0.39, 0.29) is 13.2 Å². The number of ether oxygens (including phenoxy) is 2. The second kappa shape index (κ2) is 7.96. The molecule has 108 valence electrons. The fourth-order valence-electron chi connectivity index (χ4n) is 1.26. The molecule has 1 aromatic heterocycles. The van der Waals surface area contributed by atoms with Gasteiger partial charge < -0.3 is 14.8 Å². The summed E-state index contributed by atoms with van der Waals surface area (Å²) in [6.45, 7) is 2.22. The smallest absolute Gasteiger partial charge is 0.411 e. The first-order valence-electron chi connectivity index (χ1n) is 5.94. The minimum atomic E-state index is -4.30. The van der Waals surface area contributed by atoms with E-state index < -0.39 is 12.8 Å². The van der Waals surface area contributed by atoms with Gasteiger partial charge in [0.2, 0.25) is 0 Å². The molecule has 1 N–H and O–H groups in total. The lowest BCUT2D eigenvalue weighted by Gasteiger charge is -2.09. The van der Waals surface area contributed by atoms with Gasteiger partial charge in [-0.25, -0.2) is 0 Å². The molecule has 0 unspecified atom stereocenters. The van der Waals surface area contributed by atoms with Gasteiger partial charge in [-0.15, -0.1) is 0 Å². The Hall–Kier alpha value is -1.34. The average Bonchev–Trinajstić information content (AvgIpc) is 2.36. The average molecular weight is 278 g/mol. The highest BCUT2D eigenvalue weighted by atomic mass is 19.4. The molecule has 0 saturated heterocycles. The lowest BCUT2D eigenvalue weighted by atomic mass is 10.3. The topological polar surface area (TPSA) is 43.4 Å². The van der Waals surface area contributed by atoms with E-state index in [1.807, 2.05) is 6.92 Å². The molecule has 19 heavy (non-hydrogen) atoms. The van der Waals surface area contributed by atoms with Crippen LogP contribution in [0.3, 0.4) is 0 Å². The van der Waals surface area contributed by atoms with Crippen molar-refractivity contribution < 1.29 is 22.6 Å². The summed E-state index contributed by atoms with van der Waals surface area (Å²) in [4.78, 5) is 4.15. The molecule has 0 fully saturated rings. The van der Waals surface area contributed by atoms with Crippen LogP contribution in [0.2, 0.25) is 0 Å². The minimum absolute atomic E-state index is 0.0598. The number of halogens is 3. The minimum Gasteiger partial charge on any atom is -0.490 e. The lowest BCUT2D eigenvalue weighted by Crippen LogP contribution is -2.19. The van der Waals surface area contributed by atoms with Crippen molar-refractivity contribution in [1.29, 1.82) is 0 Å². The van der Waals surface area contributed by atoms with Crippen LogP contribution in [0.25, 0.3) is 0 Å². The standard InChI is InChI=1S/C12H17F3N2O2/c1-2-16-7-10-3-4-11(8-17-10)19-6-5-18-9-12(13,14)15/h3-4,8,16H,2,5-7,9H2,1H3. The molecule has 1 rings (SSSR count). The number of alkyl halides is 3. The third kappa shape index (κ3) is 7.63. The van der Waals surface area contributed by atoms with Gasteiger partial charge in [-0.1, -0.05) is 6.92 Å². The Morgan fingerprint density at radius 2 is 2.05 bits per heavy atom. The summed E-state index contributed by atoms with van der Waals surface area (Å²) >= 11 is 0. The summed E-state index contributed by atoms with van der Waals surface area (Å²) in [7, 11) is 0. The number of aromatic nitrogens is 1. The molecule has 1 heterocycles. The Balaban J connectivity index is 2.19. The molecule has 0 bridgehead atoms. The summed E-state index contributed by atoms with van der Waals surface area (Å²) in [6.07, 6.45) is -2.76. The fourth-order valence-corrected chi connectivity index (χ4v) is 1.26. The second-order valence-electron chi connectivity index (χ2n) is 3.78. The van der Waals surface area contributed by atoms with Crippen LogP contribution in [0.15, 0.2) is 18.3 Å². The summed E-state index contributed by atoms with van der Waals surface area (Å²) in [5.74, 6) is 0.510. The first-order chi connectivity index (χ1) is 9.01. The van der Waals surface area contributed by atoms with Crippen molar-refractivity contribution in [2.75, 3.05) is 26.4 Å². The van der Waals surface area contributed by atoms with Crippen LogP contribution < -0.4 is 10.1 Å². The molecule has 0 saturated carbocycles. The summed E-state index contributed by atoms with van der Waals surface area (Å²) in [5, 5.41) is 3.13. The zero-order valence-corrected chi connectivity index (χ0v) is 10.7. The summed E-state index contributed by atoms with van der Waals surface area (Å²) in [6, 6.07) is 3.53. The van der Waals surface area contributed by atoms with Crippen LogP contribution in [0, 0.1) is 0 Å². The van der Waals surface area contributed by atoms with Crippen molar-refractivity contribution in [3.8, 4) is 5.75 Å². The van der Waals surface area contributed by atoms with E-state index in [4.69, 9.17) is 4.74 Å². The SMILES string of the molecule is CCNCc1ccc(OCCOCC(F)(F)F)cn1. The Bertz CT molecular complexity index is 355. The molecule has 0 atom stereocenters. The van der Waals surface area contributed by atoms with Crippen molar-refractivity contribution in [3.63, 3.8) is 0 Å². The Morgan fingerprint density at radius 3 is 2.63 bits per heavy atom. The van der Waals surface area contributed by atoms with E-state index in [9.17, 15) is 13.2 Å². The van der Waals surface area contributed by atoms with Crippen molar-refractivity contribution in [2.45, 2.75) is 19.6 Å². The van der Waals surface area contributed by atoms with Gasteiger partial charge in [0.05, 0.1) is 18.5 Å². The van der Waals surface area contributed by atoms with Gasteiger partial charge in [-0.3, -0.25) is 4.98 Å². The van der Waals surface area contributed by atoms with Crippen LogP contribution >= 0.6 is 0 Å². The summed E-state index contributed by atoms with van der Waals surface area (Å²) in [5.41, 5.74) is 0.877. The molecule has 1 aromatic rings. The second-order valence-corrected chi connectivity index (χ2v) is 3.78. The summed E-state index contributed by atoms with van der Waals surface area (Å²) < 4.78 is 44.9. The highest BCUT2D eigenvalue weighted by molar-refractivity contribution is 5.19. The molecular weight excluding hydrogens is 261 g/mol. The van der Waals surface area contributed by atoms with Crippen LogP contribution in [0.4, 0.5) is 13.2 Å². The number of hydrogen-bond acceptors (Lipinski definition) is 4. The Labute approximate surface area is 109 Å². The largest absolute Gasteiger partial charge is 0.490 e. The lowest BCUT2D eigenvalue weighted by molar-refractivity contribution is -0.175. The highest BCUT2D eigenvalue weighted by Crippen LogP contribution is 2.14. The van der Waals surface area contributed by atoms with Crippen molar-refractivity contribution in [2.24, 2.45) is 0 Å². The van der Waals surface area contributed by atoms with E-state index >= 15 is 0 Å². The first-order valence-corrected chi connectivity index (χ1v) is 5.94. The van der Waals surface area contributed by atoms with Gasteiger partial charge in [0.15, 0.2) is 0 Å². The van der Waals surface area contributed by atoms with Crippen LogP contribution in [0.5, 0.6) is 5.75 Å². The zero-order valence-electron chi connectivity index (χ0n) is 10.7.